The number of nitrogen functional groups attached to an aromatic ring is 1. The molecule has 0 saturated heterocycles. The van der Waals surface area contributed by atoms with E-state index in [4.69, 9.17) is 19.9 Å². The van der Waals surface area contributed by atoms with Crippen molar-refractivity contribution in [2.75, 3.05) is 27.1 Å². The number of methoxy groups -OCH3 is 3. The van der Waals surface area contributed by atoms with Crippen molar-refractivity contribution in [2.24, 2.45) is 0 Å². The molecule has 0 atom stereocenters. The number of ether oxygens (including phenoxy) is 3. The first kappa shape index (κ1) is 17.2. The van der Waals surface area contributed by atoms with Crippen LogP contribution in [0.2, 0.25) is 0 Å². The molecule has 1 aromatic heterocycles. The molecular weight excluding hydrogens is 340 g/mol. The average Bonchev–Trinajstić information content (AvgIpc) is 2.65. The van der Waals surface area contributed by atoms with Crippen LogP contribution in [0.1, 0.15) is 0 Å². The van der Waals surface area contributed by atoms with Gasteiger partial charge in [-0.1, -0.05) is 12.1 Å². The lowest BCUT2D eigenvalue weighted by molar-refractivity contribution is -0.384. The average molecular weight is 356 g/mol. The van der Waals surface area contributed by atoms with E-state index in [0.717, 1.165) is 0 Å². The first-order valence-corrected chi connectivity index (χ1v) is 7.51. The van der Waals surface area contributed by atoms with Gasteiger partial charge in [-0.15, -0.1) is 0 Å². The first-order chi connectivity index (χ1) is 12.5. The smallest absolute Gasteiger partial charge is 0.278 e. The molecule has 0 aliphatic rings. The summed E-state index contributed by atoms with van der Waals surface area (Å²) >= 11 is 0. The van der Waals surface area contributed by atoms with Crippen LogP contribution in [-0.2, 0) is 0 Å². The van der Waals surface area contributed by atoms with Crippen molar-refractivity contribution < 1.29 is 19.1 Å². The number of anilines is 1. The van der Waals surface area contributed by atoms with Crippen LogP contribution in [0.5, 0.6) is 17.2 Å². The van der Waals surface area contributed by atoms with Crippen LogP contribution in [0.15, 0.2) is 30.3 Å². The van der Waals surface area contributed by atoms with E-state index in [1.165, 1.54) is 27.4 Å². The fourth-order valence-electron chi connectivity index (χ4n) is 2.81. The van der Waals surface area contributed by atoms with E-state index in [-0.39, 0.29) is 17.3 Å². The minimum Gasteiger partial charge on any atom is -0.493 e. The van der Waals surface area contributed by atoms with E-state index >= 15 is 0 Å². The number of hydrogen-bond acceptors (Lipinski definition) is 8. The summed E-state index contributed by atoms with van der Waals surface area (Å²) in [6.07, 6.45) is 0. The predicted molar refractivity (Wildman–Crippen MR) is 95.7 cm³/mol. The van der Waals surface area contributed by atoms with Crippen molar-refractivity contribution in [3.63, 3.8) is 0 Å². The van der Waals surface area contributed by atoms with E-state index in [1.807, 2.05) is 0 Å². The summed E-state index contributed by atoms with van der Waals surface area (Å²) < 4.78 is 16.2. The summed E-state index contributed by atoms with van der Waals surface area (Å²) in [6, 6.07) is 7.87. The zero-order valence-corrected chi connectivity index (χ0v) is 14.3. The second-order valence-electron chi connectivity index (χ2n) is 5.24. The van der Waals surface area contributed by atoms with Crippen LogP contribution < -0.4 is 19.9 Å². The molecule has 26 heavy (non-hydrogen) atoms. The molecule has 0 bridgehead atoms. The number of aromatic nitrogens is 2. The van der Waals surface area contributed by atoms with Gasteiger partial charge in [0.2, 0.25) is 11.7 Å². The number of nitro benzene ring substituents is 1. The van der Waals surface area contributed by atoms with Crippen LogP contribution in [0, 0.1) is 10.1 Å². The summed E-state index contributed by atoms with van der Waals surface area (Å²) in [5.41, 5.74) is 6.72. The van der Waals surface area contributed by atoms with Crippen molar-refractivity contribution in [1.82, 2.24) is 9.97 Å². The Hall–Kier alpha value is -3.62. The van der Waals surface area contributed by atoms with Crippen molar-refractivity contribution in [3.05, 3.63) is 40.4 Å². The minimum atomic E-state index is -0.479. The maximum Gasteiger partial charge on any atom is 0.278 e. The number of rotatable bonds is 5. The minimum absolute atomic E-state index is 0.0278. The third kappa shape index (κ3) is 2.69. The Morgan fingerprint density at radius 3 is 2.35 bits per heavy atom. The van der Waals surface area contributed by atoms with E-state index in [2.05, 4.69) is 9.97 Å². The molecule has 0 radical (unpaired) electrons. The molecule has 134 valence electrons. The summed E-state index contributed by atoms with van der Waals surface area (Å²) in [5, 5.41) is 11.9. The van der Waals surface area contributed by atoms with E-state index in [9.17, 15) is 10.1 Å². The number of nitro groups is 1. The van der Waals surface area contributed by atoms with Crippen LogP contribution in [-0.4, -0.2) is 36.2 Å². The molecule has 2 N–H and O–H groups in total. The Morgan fingerprint density at radius 2 is 1.73 bits per heavy atom. The zero-order valence-electron chi connectivity index (χ0n) is 14.3. The summed E-state index contributed by atoms with van der Waals surface area (Å²) in [4.78, 5) is 19.4. The van der Waals surface area contributed by atoms with Gasteiger partial charge in [0.05, 0.1) is 48.4 Å². The van der Waals surface area contributed by atoms with Gasteiger partial charge in [-0.2, -0.15) is 0 Å². The SMILES string of the molecule is COc1cc2nc(N)nc(-c3ccccc3[N+](=O)[O-])c2c(OC)c1OC. The number of benzene rings is 2. The van der Waals surface area contributed by atoms with Gasteiger partial charge in [0.25, 0.3) is 5.69 Å². The lowest BCUT2D eigenvalue weighted by Gasteiger charge is -2.16. The van der Waals surface area contributed by atoms with Crippen molar-refractivity contribution in [2.45, 2.75) is 0 Å². The van der Waals surface area contributed by atoms with Crippen LogP contribution in [0.25, 0.3) is 22.2 Å². The molecule has 0 spiro atoms. The second kappa shape index (κ2) is 6.71. The first-order valence-electron chi connectivity index (χ1n) is 7.51. The molecular formula is C17H16N4O5. The van der Waals surface area contributed by atoms with Gasteiger partial charge in [-0.25, -0.2) is 9.97 Å². The quantitative estimate of drug-likeness (QED) is 0.547. The Morgan fingerprint density at radius 1 is 1.04 bits per heavy atom. The molecule has 3 rings (SSSR count). The Balaban J connectivity index is 2.49. The Labute approximate surface area is 148 Å². The third-order valence-corrected chi connectivity index (χ3v) is 3.86. The largest absolute Gasteiger partial charge is 0.493 e. The number of nitrogens with two attached hydrogens (primary N) is 1. The van der Waals surface area contributed by atoms with Gasteiger partial charge in [-0.3, -0.25) is 10.1 Å². The summed E-state index contributed by atoms with van der Waals surface area (Å²) in [7, 11) is 4.40. The molecule has 0 unspecified atom stereocenters. The zero-order chi connectivity index (χ0) is 18.8. The number of nitrogens with zero attached hydrogens (tertiary/aromatic N) is 3. The molecule has 9 heteroatoms. The van der Waals surface area contributed by atoms with Gasteiger partial charge in [0.1, 0.15) is 0 Å². The fourth-order valence-corrected chi connectivity index (χ4v) is 2.81. The van der Waals surface area contributed by atoms with Gasteiger partial charge in [0.15, 0.2) is 11.5 Å². The van der Waals surface area contributed by atoms with Gasteiger partial charge >= 0.3 is 0 Å². The van der Waals surface area contributed by atoms with Crippen molar-refractivity contribution in [3.8, 4) is 28.5 Å². The maximum atomic E-state index is 11.4. The number of para-hydroxylation sites is 1. The van der Waals surface area contributed by atoms with E-state index in [1.54, 1.807) is 24.3 Å². The van der Waals surface area contributed by atoms with Gasteiger partial charge in [-0.05, 0) is 6.07 Å². The molecule has 2 aromatic carbocycles. The van der Waals surface area contributed by atoms with Gasteiger partial charge < -0.3 is 19.9 Å². The number of fused-ring (bicyclic) bond motifs is 1. The Bertz CT molecular complexity index is 1010. The number of hydrogen-bond donors (Lipinski definition) is 1. The molecule has 1 heterocycles. The normalized spacial score (nSPS) is 10.6. The highest BCUT2D eigenvalue weighted by atomic mass is 16.6. The predicted octanol–water partition coefficient (Wildman–Crippen LogP) is 2.81. The van der Waals surface area contributed by atoms with E-state index < -0.39 is 4.92 Å². The highest BCUT2D eigenvalue weighted by molar-refractivity contribution is 6.02. The van der Waals surface area contributed by atoms with Gasteiger partial charge in [0, 0.05) is 12.1 Å². The molecule has 0 fully saturated rings. The monoisotopic (exact) mass is 356 g/mol. The van der Waals surface area contributed by atoms with Crippen LogP contribution in [0.4, 0.5) is 11.6 Å². The lowest BCUT2D eigenvalue weighted by atomic mass is 10.0. The standard InChI is InChI=1S/C17H16N4O5/c1-24-12-8-10-13(16(26-3)15(12)25-2)14(20-17(18)19-10)9-6-4-5-7-11(9)21(22)23/h4-8H,1-3H3,(H2,18,19,20). The highest BCUT2D eigenvalue weighted by Gasteiger charge is 2.25. The molecule has 0 saturated carbocycles. The Kier molecular flexibility index (Phi) is 4.44. The maximum absolute atomic E-state index is 11.4. The fraction of sp³-hybridized carbons (Fsp3) is 0.176. The van der Waals surface area contributed by atoms with Crippen LogP contribution >= 0.6 is 0 Å². The van der Waals surface area contributed by atoms with Crippen molar-refractivity contribution in [1.29, 1.82) is 0 Å². The molecule has 0 aliphatic heterocycles. The van der Waals surface area contributed by atoms with Crippen molar-refractivity contribution >= 4 is 22.5 Å². The summed E-state index contributed by atoms with van der Waals surface area (Å²) in [5.74, 6) is 0.995. The third-order valence-electron chi connectivity index (χ3n) is 3.86. The molecule has 3 aromatic rings. The molecule has 9 nitrogen and oxygen atoms in total. The molecule has 0 amide bonds. The highest BCUT2D eigenvalue weighted by Crippen LogP contribution is 2.46. The second-order valence-corrected chi connectivity index (χ2v) is 5.24. The molecule has 0 aliphatic carbocycles. The van der Waals surface area contributed by atoms with Crippen LogP contribution in [0.3, 0.4) is 0 Å². The van der Waals surface area contributed by atoms with E-state index in [0.29, 0.717) is 33.7 Å². The topological polar surface area (TPSA) is 123 Å². The lowest BCUT2D eigenvalue weighted by Crippen LogP contribution is -2.03. The summed E-state index contributed by atoms with van der Waals surface area (Å²) in [6.45, 7) is 0.